The second kappa shape index (κ2) is 7.76. The minimum atomic E-state index is 0.713. The van der Waals surface area contributed by atoms with E-state index in [0.29, 0.717) is 5.92 Å². The molecule has 1 atom stereocenters. The summed E-state index contributed by atoms with van der Waals surface area (Å²) in [6.45, 7) is 5.43. The molecule has 2 N–H and O–H groups in total. The van der Waals surface area contributed by atoms with Gasteiger partial charge in [-0.3, -0.25) is 10.9 Å². The highest BCUT2D eigenvalue weighted by Crippen LogP contribution is 2.00. The van der Waals surface area contributed by atoms with E-state index in [1.807, 2.05) is 7.05 Å². The van der Waals surface area contributed by atoms with Crippen molar-refractivity contribution >= 4 is 0 Å². The minimum absolute atomic E-state index is 0.713. The normalized spacial score (nSPS) is 14.1. The van der Waals surface area contributed by atoms with E-state index in [4.69, 9.17) is 0 Å². The molecule has 66 valence electrons. The maximum absolute atomic E-state index is 3.09. The Morgan fingerprint density at radius 3 is 2.64 bits per heavy atom. The first kappa shape index (κ1) is 10.7. The van der Waals surface area contributed by atoms with Gasteiger partial charge in [0.05, 0.1) is 0 Å². The summed E-state index contributed by atoms with van der Waals surface area (Å²) in [7, 11) is 1.90. The molecule has 0 heterocycles. The Hall–Kier alpha value is -0.340. The Balaban J connectivity index is 3.21. The second-order valence-electron chi connectivity index (χ2n) is 2.85. The van der Waals surface area contributed by atoms with Crippen molar-refractivity contribution in [2.45, 2.75) is 26.7 Å². The van der Waals surface area contributed by atoms with Gasteiger partial charge in [0.1, 0.15) is 0 Å². The molecule has 11 heavy (non-hydrogen) atoms. The van der Waals surface area contributed by atoms with Gasteiger partial charge in [-0.2, -0.15) is 0 Å². The van der Waals surface area contributed by atoms with Crippen molar-refractivity contribution in [1.29, 1.82) is 0 Å². The van der Waals surface area contributed by atoms with Gasteiger partial charge in [0.25, 0.3) is 0 Å². The van der Waals surface area contributed by atoms with Crippen molar-refractivity contribution in [1.82, 2.24) is 10.9 Å². The zero-order chi connectivity index (χ0) is 8.53. The van der Waals surface area contributed by atoms with Crippen molar-refractivity contribution in [3.05, 3.63) is 12.2 Å². The Morgan fingerprint density at radius 1 is 1.36 bits per heavy atom. The largest absolute Gasteiger partial charge is 0.261 e. The van der Waals surface area contributed by atoms with E-state index >= 15 is 0 Å². The molecule has 0 aromatic carbocycles. The number of hydrogen-bond donors (Lipinski definition) is 2. The van der Waals surface area contributed by atoms with Crippen LogP contribution in [0.5, 0.6) is 0 Å². The molecular formula is C9H20N2. The third-order valence-corrected chi connectivity index (χ3v) is 1.57. The van der Waals surface area contributed by atoms with Crippen molar-refractivity contribution < 1.29 is 0 Å². The number of nitrogens with one attached hydrogen (secondary N) is 2. The van der Waals surface area contributed by atoms with Crippen LogP contribution in [0.25, 0.3) is 0 Å². The molecule has 0 aliphatic rings. The van der Waals surface area contributed by atoms with Gasteiger partial charge in [0, 0.05) is 6.54 Å². The number of allylic oxidation sites excluding steroid dienone is 2. The third kappa shape index (κ3) is 7.56. The summed E-state index contributed by atoms with van der Waals surface area (Å²) < 4.78 is 0. The molecule has 0 amide bonds. The maximum atomic E-state index is 3.09. The predicted molar refractivity (Wildman–Crippen MR) is 50.3 cm³/mol. The van der Waals surface area contributed by atoms with E-state index in [9.17, 15) is 0 Å². The standard InChI is InChI=1S/C9H20N2/c1-4-5-6-7-9(2)8-11-10-3/h5-6,9-11H,4,7-8H2,1-3H3/b6-5-/t9-/m1/s1. The fourth-order valence-corrected chi connectivity index (χ4v) is 0.855. The summed E-state index contributed by atoms with van der Waals surface area (Å²) in [6.07, 6.45) is 6.78. The monoisotopic (exact) mass is 156 g/mol. The lowest BCUT2D eigenvalue weighted by atomic mass is 10.1. The quantitative estimate of drug-likeness (QED) is 0.452. The first-order valence-corrected chi connectivity index (χ1v) is 4.35. The molecule has 0 aliphatic heterocycles. The van der Waals surface area contributed by atoms with Crippen molar-refractivity contribution in [3.63, 3.8) is 0 Å². The van der Waals surface area contributed by atoms with Crippen molar-refractivity contribution in [3.8, 4) is 0 Å². The molecule has 0 aromatic heterocycles. The van der Waals surface area contributed by atoms with Crippen molar-refractivity contribution in [2.75, 3.05) is 13.6 Å². The number of hydrogen-bond acceptors (Lipinski definition) is 2. The summed E-state index contributed by atoms with van der Waals surface area (Å²) >= 11 is 0. The molecule has 0 aliphatic carbocycles. The van der Waals surface area contributed by atoms with Crippen LogP contribution in [-0.2, 0) is 0 Å². The first-order chi connectivity index (χ1) is 5.31. The van der Waals surface area contributed by atoms with Crippen LogP contribution in [0.15, 0.2) is 12.2 Å². The highest BCUT2D eigenvalue weighted by molar-refractivity contribution is 4.82. The molecule has 0 radical (unpaired) electrons. The van der Waals surface area contributed by atoms with E-state index in [1.165, 1.54) is 6.42 Å². The Labute approximate surface area is 70.0 Å². The average molecular weight is 156 g/mol. The van der Waals surface area contributed by atoms with Crippen LogP contribution in [0.3, 0.4) is 0 Å². The Kier molecular flexibility index (Phi) is 7.52. The molecule has 0 spiro atoms. The smallest absolute Gasteiger partial charge is 0.0128 e. The molecule has 0 saturated carbocycles. The van der Waals surface area contributed by atoms with Gasteiger partial charge in [0.2, 0.25) is 0 Å². The zero-order valence-electron chi connectivity index (χ0n) is 7.85. The summed E-state index contributed by atoms with van der Waals surface area (Å²) in [4.78, 5) is 0. The molecule has 0 bridgehead atoms. The molecule has 0 unspecified atom stereocenters. The third-order valence-electron chi connectivity index (χ3n) is 1.57. The highest BCUT2D eigenvalue weighted by atomic mass is 15.3. The van der Waals surface area contributed by atoms with Crippen LogP contribution in [0.2, 0.25) is 0 Å². The summed E-state index contributed by atoms with van der Waals surface area (Å²) in [5.41, 5.74) is 6.01. The molecular weight excluding hydrogens is 136 g/mol. The fourth-order valence-electron chi connectivity index (χ4n) is 0.855. The van der Waals surface area contributed by atoms with Crippen LogP contribution in [0, 0.1) is 5.92 Å². The second-order valence-corrected chi connectivity index (χ2v) is 2.85. The number of rotatable bonds is 6. The van der Waals surface area contributed by atoms with Crippen molar-refractivity contribution in [2.24, 2.45) is 5.92 Å². The van der Waals surface area contributed by atoms with Gasteiger partial charge in [-0.1, -0.05) is 26.0 Å². The van der Waals surface area contributed by atoms with Gasteiger partial charge < -0.3 is 0 Å². The lowest BCUT2D eigenvalue weighted by Crippen LogP contribution is -2.31. The van der Waals surface area contributed by atoms with Gasteiger partial charge in [0.15, 0.2) is 0 Å². The summed E-state index contributed by atoms with van der Waals surface area (Å²) in [5.74, 6) is 0.713. The Morgan fingerprint density at radius 2 is 2.09 bits per heavy atom. The first-order valence-electron chi connectivity index (χ1n) is 4.35. The summed E-state index contributed by atoms with van der Waals surface area (Å²) in [5, 5.41) is 0. The van der Waals surface area contributed by atoms with Crippen LogP contribution in [0.1, 0.15) is 26.7 Å². The molecule has 0 aromatic rings. The zero-order valence-corrected chi connectivity index (χ0v) is 7.85. The average Bonchev–Trinajstić information content (AvgIpc) is 2.01. The van der Waals surface area contributed by atoms with Gasteiger partial charge in [-0.25, -0.2) is 0 Å². The van der Waals surface area contributed by atoms with Crippen LogP contribution < -0.4 is 10.9 Å². The van der Waals surface area contributed by atoms with Crippen LogP contribution in [0.4, 0.5) is 0 Å². The predicted octanol–water partition coefficient (Wildman–Crippen LogP) is 1.70. The van der Waals surface area contributed by atoms with Gasteiger partial charge in [-0.05, 0) is 25.8 Å². The lowest BCUT2D eigenvalue weighted by Gasteiger charge is -2.08. The highest BCUT2D eigenvalue weighted by Gasteiger charge is 1.96. The van der Waals surface area contributed by atoms with Gasteiger partial charge in [-0.15, -0.1) is 0 Å². The van der Waals surface area contributed by atoms with E-state index < -0.39 is 0 Å². The maximum Gasteiger partial charge on any atom is 0.0128 e. The van der Waals surface area contributed by atoms with E-state index in [2.05, 4.69) is 36.9 Å². The van der Waals surface area contributed by atoms with E-state index in [1.54, 1.807) is 0 Å². The van der Waals surface area contributed by atoms with Crippen LogP contribution >= 0.6 is 0 Å². The minimum Gasteiger partial charge on any atom is -0.261 e. The van der Waals surface area contributed by atoms with E-state index in [-0.39, 0.29) is 0 Å². The molecule has 0 saturated heterocycles. The Bertz CT molecular complexity index is 99.7. The molecule has 0 fully saturated rings. The molecule has 2 nitrogen and oxygen atoms in total. The molecule has 2 heteroatoms. The number of hydrazine groups is 1. The molecule has 0 rings (SSSR count). The topological polar surface area (TPSA) is 24.1 Å². The summed E-state index contributed by atoms with van der Waals surface area (Å²) in [6, 6.07) is 0. The SMILES string of the molecule is CC/C=C\C[C@@H](C)CNNC. The van der Waals surface area contributed by atoms with Gasteiger partial charge >= 0.3 is 0 Å². The fraction of sp³-hybridized carbons (Fsp3) is 0.778. The lowest BCUT2D eigenvalue weighted by molar-refractivity contribution is 0.480. The van der Waals surface area contributed by atoms with E-state index in [0.717, 1.165) is 13.0 Å². The van der Waals surface area contributed by atoms with Crippen LogP contribution in [-0.4, -0.2) is 13.6 Å².